The first-order valence-electron chi connectivity index (χ1n) is 5.91. The lowest BCUT2D eigenvalue weighted by Crippen LogP contribution is -2.17. The van der Waals surface area contributed by atoms with Crippen molar-refractivity contribution in [2.24, 2.45) is 0 Å². The summed E-state index contributed by atoms with van der Waals surface area (Å²) in [4.78, 5) is 11.4. The third kappa shape index (κ3) is 2.99. The van der Waals surface area contributed by atoms with Crippen LogP contribution in [0.1, 0.15) is 15.9 Å². The quantitative estimate of drug-likeness (QED) is 0.891. The Balaban J connectivity index is 2.35. The van der Waals surface area contributed by atoms with Gasteiger partial charge in [-0.3, -0.25) is 4.79 Å². The van der Waals surface area contributed by atoms with Crippen LogP contribution in [0.2, 0.25) is 0 Å². The van der Waals surface area contributed by atoms with E-state index in [2.05, 4.69) is 5.32 Å². The maximum atomic E-state index is 12.6. The topological polar surface area (TPSA) is 29.1 Å². The summed E-state index contributed by atoms with van der Waals surface area (Å²) >= 11 is 0. The van der Waals surface area contributed by atoms with Crippen molar-refractivity contribution in [3.05, 3.63) is 59.7 Å². The summed E-state index contributed by atoms with van der Waals surface area (Å²) in [6, 6.07) is 11.5. The highest BCUT2D eigenvalue weighted by atomic mass is 19.4. The summed E-state index contributed by atoms with van der Waals surface area (Å²) in [6.45, 7) is 0. The van der Waals surface area contributed by atoms with E-state index in [1.54, 1.807) is 30.3 Å². The number of carbonyl (C=O) groups excluding carboxylic acids is 1. The lowest BCUT2D eigenvalue weighted by atomic mass is 10.0. The predicted octanol–water partition coefficient (Wildman–Crippen LogP) is 3.73. The van der Waals surface area contributed by atoms with Crippen LogP contribution >= 0.6 is 0 Å². The zero-order valence-electron chi connectivity index (χ0n) is 10.7. The molecule has 0 heterocycles. The third-order valence-corrected chi connectivity index (χ3v) is 2.90. The van der Waals surface area contributed by atoms with E-state index in [0.29, 0.717) is 16.7 Å². The normalized spacial score (nSPS) is 11.2. The molecule has 0 aromatic heterocycles. The van der Waals surface area contributed by atoms with Crippen molar-refractivity contribution in [1.82, 2.24) is 5.32 Å². The molecule has 0 aliphatic rings. The minimum absolute atomic E-state index is 0.236. The van der Waals surface area contributed by atoms with Gasteiger partial charge < -0.3 is 5.32 Å². The van der Waals surface area contributed by atoms with Gasteiger partial charge in [-0.2, -0.15) is 13.2 Å². The van der Waals surface area contributed by atoms with Crippen molar-refractivity contribution in [2.45, 2.75) is 6.18 Å². The Bertz CT molecular complexity index is 618. The molecular formula is C15H12F3NO. The molecule has 20 heavy (non-hydrogen) atoms. The maximum Gasteiger partial charge on any atom is 0.416 e. The fraction of sp³-hybridized carbons (Fsp3) is 0.133. The molecule has 0 bridgehead atoms. The number of benzene rings is 2. The number of hydrogen-bond donors (Lipinski definition) is 1. The largest absolute Gasteiger partial charge is 0.416 e. The summed E-state index contributed by atoms with van der Waals surface area (Å²) in [7, 11) is 1.52. The van der Waals surface area contributed by atoms with Gasteiger partial charge in [0.25, 0.3) is 5.91 Å². The molecule has 1 amide bonds. The highest BCUT2D eigenvalue weighted by Gasteiger charge is 2.30. The Morgan fingerprint density at radius 2 is 1.65 bits per heavy atom. The van der Waals surface area contributed by atoms with Gasteiger partial charge in [-0.15, -0.1) is 0 Å². The van der Waals surface area contributed by atoms with E-state index in [1.807, 2.05) is 0 Å². The van der Waals surface area contributed by atoms with Gasteiger partial charge in [-0.05, 0) is 35.4 Å². The first-order valence-corrected chi connectivity index (χ1v) is 5.91. The highest BCUT2D eigenvalue weighted by Crippen LogP contribution is 2.32. The lowest BCUT2D eigenvalue weighted by molar-refractivity contribution is -0.137. The van der Waals surface area contributed by atoms with Gasteiger partial charge in [0.2, 0.25) is 0 Å². The molecule has 0 spiro atoms. The van der Waals surface area contributed by atoms with E-state index in [-0.39, 0.29) is 5.91 Å². The second kappa shape index (κ2) is 5.36. The molecule has 2 aromatic carbocycles. The first-order chi connectivity index (χ1) is 9.41. The van der Waals surface area contributed by atoms with Crippen molar-refractivity contribution in [3.63, 3.8) is 0 Å². The Kier molecular flexibility index (Phi) is 3.79. The number of hydrogen-bond acceptors (Lipinski definition) is 1. The van der Waals surface area contributed by atoms with Crippen LogP contribution in [-0.2, 0) is 6.18 Å². The molecule has 0 atom stereocenters. The second-order valence-electron chi connectivity index (χ2n) is 4.24. The SMILES string of the molecule is CNC(=O)c1ccc(-c2cccc(C(F)(F)F)c2)cc1. The Hall–Kier alpha value is -2.30. The summed E-state index contributed by atoms with van der Waals surface area (Å²) in [6.07, 6.45) is -4.36. The molecule has 1 N–H and O–H groups in total. The second-order valence-corrected chi connectivity index (χ2v) is 4.24. The molecular weight excluding hydrogens is 267 g/mol. The maximum absolute atomic E-state index is 12.6. The number of alkyl halides is 3. The van der Waals surface area contributed by atoms with E-state index in [0.717, 1.165) is 12.1 Å². The minimum atomic E-state index is -4.36. The third-order valence-electron chi connectivity index (χ3n) is 2.90. The van der Waals surface area contributed by atoms with Gasteiger partial charge in [0.05, 0.1) is 5.56 Å². The van der Waals surface area contributed by atoms with E-state index < -0.39 is 11.7 Å². The van der Waals surface area contributed by atoms with Crippen molar-refractivity contribution < 1.29 is 18.0 Å². The fourth-order valence-corrected chi connectivity index (χ4v) is 1.83. The minimum Gasteiger partial charge on any atom is -0.355 e. The van der Waals surface area contributed by atoms with Crippen LogP contribution in [0.3, 0.4) is 0 Å². The average Bonchev–Trinajstić information content (AvgIpc) is 2.46. The number of carbonyl (C=O) groups is 1. The Morgan fingerprint density at radius 3 is 2.20 bits per heavy atom. The van der Waals surface area contributed by atoms with Crippen molar-refractivity contribution in [3.8, 4) is 11.1 Å². The molecule has 5 heteroatoms. The summed E-state index contributed by atoms with van der Waals surface area (Å²) in [5.74, 6) is -0.236. The van der Waals surface area contributed by atoms with Crippen molar-refractivity contribution >= 4 is 5.91 Å². The molecule has 0 saturated carbocycles. The molecule has 0 radical (unpaired) electrons. The number of amides is 1. The molecule has 0 aliphatic heterocycles. The molecule has 2 nitrogen and oxygen atoms in total. The Labute approximate surface area is 114 Å². The van der Waals surface area contributed by atoms with Crippen molar-refractivity contribution in [1.29, 1.82) is 0 Å². The molecule has 0 unspecified atom stereocenters. The van der Waals surface area contributed by atoms with Crippen LogP contribution in [0.15, 0.2) is 48.5 Å². The summed E-state index contributed by atoms with van der Waals surface area (Å²) < 4.78 is 37.9. The van der Waals surface area contributed by atoms with Gasteiger partial charge in [0, 0.05) is 12.6 Å². The van der Waals surface area contributed by atoms with Crippen molar-refractivity contribution in [2.75, 3.05) is 7.05 Å². The van der Waals surface area contributed by atoms with Crippen LogP contribution in [0.4, 0.5) is 13.2 Å². The number of nitrogens with one attached hydrogen (secondary N) is 1. The average molecular weight is 279 g/mol. The number of rotatable bonds is 2. The van der Waals surface area contributed by atoms with Crippen LogP contribution in [0, 0.1) is 0 Å². The smallest absolute Gasteiger partial charge is 0.355 e. The molecule has 2 aromatic rings. The molecule has 0 aliphatic carbocycles. The van der Waals surface area contributed by atoms with Gasteiger partial charge in [0.1, 0.15) is 0 Å². The van der Waals surface area contributed by atoms with Gasteiger partial charge >= 0.3 is 6.18 Å². The van der Waals surface area contributed by atoms with Crippen LogP contribution in [0.25, 0.3) is 11.1 Å². The Morgan fingerprint density at radius 1 is 1.00 bits per heavy atom. The first kappa shape index (κ1) is 14.1. The van der Waals surface area contributed by atoms with E-state index >= 15 is 0 Å². The monoisotopic (exact) mass is 279 g/mol. The summed E-state index contributed by atoms with van der Waals surface area (Å²) in [5.41, 5.74) is 0.862. The van der Waals surface area contributed by atoms with E-state index in [4.69, 9.17) is 0 Å². The van der Waals surface area contributed by atoms with E-state index in [9.17, 15) is 18.0 Å². The zero-order chi connectivity index (χ0) is 14.8. The van der Waals surface area contributed by atoms with Gasteiger partial charge in [-0.1, -0.05) is 24.3 Å². The van der Waals surface area contributed by atoms with E-state index in [1.165, 1.54) is 13.1 Å². The van der Waals surface area contributed by atoms with Gasteiger partial charge in [0.15, 0.2) is 0 Å². The molecule has 2 rings (SSSR count). The lowest BCUT2D eigenvalue weighted by Gasteiger charge is -2.09. The highest BCUT2D eigenvalue weighted by molar-refractivity contribution is 5.94. The predicted molar refractivity (Wildman–Crippen MR) is 70.3 cm³/mol. The number of halogens is 3. The standard InChI is InChI=1S/C15H12F3NO/c1-19-14(20)11-7-5-10(6-8-11)12-3-2-4-13(9-12)15(16,17)18/h2-9H,1H3,(H,19,20). The van der Waals surface area contributed by atoms with Gasteiger partial charge in [-0.25, -0.2) is 0 Å². The van der Waals surface area contributed by atoms with Crippen LogP contribution in [-0.4, -0.2) is 13.0 Å². The fourth-order valence-electron chi connectivity index (χ4n) is 1.83. The molecule has 0 fully saturated rings. The molecule has 104 valence electrons. The summed E-state index contributed by atoms with van der Waals surface area (Å²) in [5, 5.41) is 2.48. The zero-order valence-corrected chi connectivity index (χ0v) is 10.7. The molecule has 0 saturated heterocycles. The van der Waals surface area contributed by atoms with Crippen LogP contribution in [0.5, 0.6) is 0 Å². The van der Waals surface area contributed by atoms with Crippen LogP contribution < -0.4 is 5.32 Å².